The molecule has 0 heterocycles. The van der Waals surface area contributed by atoms with Gasteiger partial charge in [-0.3, -0.25) is 0 Å². The zero-order chi connectivity index (χ0) is 16.5. The maximum Gasteiger partial charge on any atom is 0.335 e. The summed E-state index contributed by atoms with van der Waals surface area (Å²) in [5.74, 6) is -2.62. The van der Waals surface area contributed by atoms with Crippen LogP contribution in [-0.2, 0) is 9.59 Å². The summed E-state index contributed by atoms with van der Waals surface area (Å²) < 4.78 is 13.4. The van der Waals surface area contributed by atoms with Crippen LogP contribution in [0.1, 0.15) is 46.0 Å². The molecule has 0 bridgehead atoms. The van der Waals surface area contributed by atoms with E-state index >= 15 is 0 Å². The molecule has 0 radical (unpaired) electrons. The van der Waals surface area contributed by atoms with Crippen LogP contribution in [0.4, 0.5) is 4.39 Å². The lowest BCUT2D eigenvalue weighted by Crippen LogP contribution is -2.24. The Hall–Kier alpha value is -1.69. The second-order valence-corrected chi connectivity index (χ2v) is 5.12. The van der Waals surface area contributed by atoms with Gasteiger partial charge in [-0.05, 0) is 25.5 Å². The van der Waals surface area contributed by atoms with E-state index in [2.05, 4.69) is 6.92 Å². The number of aliphatic hydroxyl groups excluding tert-OH is 1. The monoisotopic (exact) mass is 302 g/mol. The summed E-state index contributed by atoms with van der Waals surface area (Å²) in [6.45, 7) is 3.67. The lowest BCUT2D eigenvalue weighted by atomic mass is 9.89. The molecule has 0 saturated carbocycles. The third-order valence-electron chi connectivity index (χ3n) is 2.86. The summed E-state index contributed by atoms with van der Waals surface area (Å²) in [6.07, 6.45) is 6.27. The van der Waals surface area contributed by atoms with Crippen molar-refractivity contribution in [1.82, 2.24) is 0 Å². The van der Waals surface area contributed by atoms with Crippen molar-refractivity contribution in [3.05, 3.63) is 23.3 Å². The maximum atomic E-state index is 13.4. The fourth-order valence-electron chi connectivity index (χ4n) is 1.83. The van der Waals surface area contributed by atoms with Gasteiger partial charge in [0.05, 0.1) is 5.57 Å². The Morgan fingerprint density at radius 2 is 1.86 bits per heavy atom. The molecule has 0 saturated heterocycles. The molecule has 1 rings (SSSR count). The number of rotatable bonds is 6. The minimum absolute atomic E-state index is 0.227. The molecule has 0 spiro atoms. The minimum atomic E-state index is -1.91. The van der Waals surface area contributed by atoms with E-state index in [1.54, 1.807) is 0 Å². The molecule has 0 aromatic rings. The van der Waals surface area contributed by atoms with Crippen molar-refractivity contribution in [1.29, 1.82) is 0 Å². The molecule has 3 N–H and O–H groups in total. The van der Waals surface area contributed by atoms with Crippen molar-refractivity contribution >= 4 is 11.9 Å². The van der Waals surface area contributed by atoms with Crippen LogP contribution in [0.5, 0.6) is 0 Å². The van der Waals surface area contributed by atoms with Crippen LogP contribution in [0, 0.1) is 0 Å². The first kappa shape index (κ1) is 19.3. The highest BCUT2D eigenvalue weighted by molar-refractivity contribution is 5.96. The smallest absolute Gasteiger partial charge is 0.335 e. The number of carboxylic acids is 2. The van der Waals surface area contributed by atoms with Crippen LogP contribution in [0.15, 0.2) is 23.3 Å². The summed E-state index contributed by atoms with van der Waals surface area (Å²) in [6, 6.07) is 0. The fourth-order valence-corrected chi connectivity index (χ4v) is 1.83. The molecule has 1 atom stereocenters. The van der Waals surface area contributed by atoms with E-state index in [4.69, 9.17) is 15.3 Å². The maximum absolute atomic E-state index is 13.4. The number of halogens is 1. The standard InChI is InChI=1S/C9H9FO4.C6H14O/c1-9(10)3-5(7(11)12)2-6(4-9)8(13)14;1-2-3-4-5-6-7/h2-3H,4H2,1H3,(H,11,12)(H,13,14);7H,2-6H2,1H3. The minimum Gasteiger partial charge on any atom is -0.478 e. The number of aliphatic carboxylic acids is 2. The van der Waals surface area contributed by atoms with E-state index < -0.39 is 17.6 Å². The van der Waals surface area contributed by atoms with Crippen molar-refractivity contribution in [3.8, 4) is 0 Å². The predicted octanol–water partition coefficient (Wildman–Crippen LogP) is 2.70. The Morgan fingerprint density at radius 3 is 2.29 bits per heavy atom. The third-order valence-corrected chi connectivity index (χ3v) is 2.86. The van der Waals surface area contributed by atoms with Gasteiger partial charge in [0.15, 0.2) is 0 Å². The number of hydrogen-bond acceptors (Lipinski definition) is 3. The summed E-state index contributed by atoms with van der Waals surface area (Å²) in [5.41, 5.74) is -2.45. The summed E-state index contributed by atoms with van der Waals surface area (Å²) in [4.78, 5) is 21.1. The third kappa shape index (κ3) is 8.24. The van der Waals surface area contributed by atoms with Gasteiger partial charge in [0.2, 0.25) is 0 Å². The van der Waals surface area contributed by atoms with Crippen molar-refractivity contribution in [3.63, 3.8) is 0 Å². The van der Waals surface area contributed by atoms with E-state index in [1.165, 1.54) is 19.3 Å². The van der Waals surface area contributed by atoms with Crippen LogP contribution in [0.25, 0.3) is 0 Å². The summed E-state index contributed by atoms with van der Waals surface area (Å²) in [5, 5.41) is 25.5. The molecule has 0 fully saturated rings. The van der Waals surface area contributed by atoms with Gasteiger partial charge in [0, 0.05) is 18.6 Å². The first-order chi connectivity index (χ1) is 9.73. The molecule has 1 aliphatic rings. The molecule has 1 aliphatic carbocycles. The highest BCUT2D eigenvalue weighted by Gasteiger charge is 2.31. The quantitative estimate of drug-likeness (QED) is 0.656. The summed E-state index contributed by atoms with van der Waals surface area (Å²) in [7, 11) is 0. The number of alkyl halides is 1. The fraction of sp³-hybridized carbons (Fsp3) is 0.600. The number of allylic oxidation sites excluding steroid dienone is 1. The van der Waals surface area contributed by atoms with E-state index in [1.807, 2.05) is 0 Å². The van der Waals surface area contributed by atoms with Crippen molar-refractivity contribution < 1.29 is 29.3 Å². The molecule has 5 nitrogen and oxygen atoms in total. The van der Waals surface area contributed by atoms with Gasteiger partial charge in [-0.15, -0.1) is 0 Å². The van der Waals surface area contributed by atoms with Gasteiger partial charge in [-0.25, -0.2) is 14.0 Å². The lowest BCUT2D eigenvalue weighted by molar-refractivity contribution is -0.133. The first-order valence-electron chi connectivity index (χ1n) is 6.93. The average molecular weight is 302 g/mol. The van der Waals surface area contributed by atoms with E-state index in [0.29, 0.717) is 6.61 Å². The number of carbonyl (C=O) groups is 2. The van der Waals surface area contributed by atoms with Gasteiger partial charge < -0.3 is 15.3 Å². The van der Waals surface area contributed by atoms with Crippen LogP contribution in [0.3, 0.4) is 0 Å². The van der Waals surface area contributed by atoms with Crippen LogP contribution in [0.2, 0.25) is 0 Å². The van der Waals surface area contributed by atoms with Crippen LogP contribution < -0.4 is 0 Å². The number of aliphatic hydroxyl groups is 1. The molecule has 6 heteroatoms. The predicted molar refractivity (Wildman–Crippen MR) is 76.8 cm³/mol. The molecule has 21 heavy (non-hydrogen) atoms. The van der Waals surface area contributed by atoms with E-state index in [0.717, 1.165) is 25.5 Å². The molecule has 120 valence electrons. The van der Waals surface area contributed by atoms with Gasteiger partial charge in [0.1, 0.15) is 5.67 Å². The SMILES string of the molecule is CC1(F)C=C(C(=O)O)C=C(C(=O)O)C1.CCCCCCO. The molecule has 0 amide bonds. The van der Waals surface area contributed by atoms with Crippen molar-refractivity contribution in [2.45, 2.75) is 51.6 Å². The average Bonchev–Trinajstić information content (AvgIpc) is 2.38. The topological polar surface area (TPSA) is 94.8 Å². The van der Waals surface area contributed by atoms with Gasteiger partial charge in [-0.2, -0.15) is 0 Å². The zero-order valence-corrected chi connectivity index (χ0v) is 12.4. The second kappa shape index (κ2) is 9.28. The van der Waals surface area contributed by atoms with Gasteiger partial charge in [0.25, 0.3) is 0 Å². The Morgan fingerprint density at radius 1 is 1.24 bits per heavy atom. The number of unbranched alkanes of at least 4 members (excludes halogenated alkanes) is 3. The van der Waals surface area contributed by atoms with Crippen LogP contribution >= 0.6 is 0 Å². The Labute approximate surface area is 123 Å². The molecule has 0 aliphatic heterocycles. The second-order valence-electron chi connectivity index (χ2n) is 5.12. The Balaban J connectivity index is 0.000000486. The molecule has 1 unspecified atom stereocenters. The van der Waals surface area contributed by atoms with Gasteiger partial charge >= 0.3 is 11.9 Å². The van der Waals surface area contributed by atoms with Crippen molar-refractivity contribution in [2.24, 2.45) is 0 Å². The molecular formula is C15H23FO5. The summed E-state index contributed by atoms with van der Waals surface area (Å²) >= 11 is 0. The highest BCUT2D eigenvalue weighted by Crippen LogP contribution is 2.29. The Bertz CT molecular complexity index is 420. The molecule has 0 aromatic heterocycles. The van der Waals surface area contributed by atoms with Crippen LogP contribution in [-0.4, -0.2) is 39.5 Å². The number of carboxylic acid groups (broad SMARTS) is 2. The zero-order valence-electron chi connectivity index (χ0n) is 12.4. The number of hydrogen-bond donors (Lipinski definition) is 3. The normalized spacial score (nSPS) is 20.8. The first-order valence-corrected chi connectivity index (χ1v) is 6.93. The Kier molecular flexibility index (Phi) is 8.54. The molecule has 0 aromatic carbocycles. The highest BCUT2D eigenvalue weighted by atomic mass is 19.1. The largest absolute Gasteiger partial charge is 0.478 e. The van der Waals surface area contributed by atoms with E-state index in [9.17, 15) is 14.0 Å². The van der Waals surface area contributed by atoms with Gasteiger partial charge in [-0.1, -0.05) is 26.2 Å². The molecular weight excluding hydrogens is 279 g/mol. The van der Waals surface area contributed by atoms with Crippen molar-refractivity contribution in [2.75, 3.05) is 6.61 Å². The van der Waals surface area contributed by atoms with E-state index in [-0.39, 0.29) is 17.6 Å². The lowest BCUT2D eigenvalue weighted by Gasteiger charge is -2.21.